The number of benzene rings is 1. The maximum Gasteiger partial charge on any atom is 0.272 e. The zero-order chi connectivity index (χ0) is 27.5. The highest BCUT2D eigenvalue weighted by Gasteiger charge is 2.24. The number of carbonyl (C=O) groups excluding carboxylic acids is 1. The van der Waals surface area contributed by atoms with Crippen molar-refractivity contribution in [2.45, 2.75) is 71.4 Å². The normalized spacial score (nSPS) is 15.2. The summed E-state index contributed by atoms with van der Waals surface area (Å²) >= 11 is 0. The molecular formula is C30H48N4O4. The summed E-state index contributed by atoms with van der Waals surface area (Å²) in [7, 11) is 7.10. The van der Waals surface area contributed by atoms with Crippen LogP contribution in [0.2, 0.25) is 0 Å². The number of carbonyl (C=O) groups is 1. The minimum atomic E-state index is -0.142. The zero-order valence-electron chi connectivity index (χ0n) is 24.3. The van der Waals surface area contributed by atoms with Crippen molar-refractivity contribution >= 4 is 5.91 Å². The Labute approximate surface area is 229 Å². The van der Waals surface area contributed by atoms with E-state index in [-0.39, 0.29) is 11.9 Å². The molecular weight excluding hydrogens is 480 g/mol. The fourth-order valence-corrected chi connectivity index (χ4v) is 5.41. The van der Waals surface area contributed by atoms with Crippen LogP contribution < -0.4 is 14.8 Å². The second-order valence-electron chi connectivity index (χ2n) is 11.0. The number of methoxy groups -OCH3 is 3. The van der Waals surface area contributed by atoms with Gasteiger partial charge in [0.05, 0.1) is 32.1 Å². The predicted molar refractivity (Wildman–Crippen MR) is 152 cm³/mol. The van der Waals surface area contributed by atoms with Crippen LogP contribution in [0.5, 0.6) is 11.5 Å². The molecule has 1 aliphatic carbocycles. The molecule has 2 aromatic rings. The molecule has 38 heavy (non-hydrogen) atoms. The van der Waals surface area contributed by atoms with E-state index in [9.17, 15) is 4.79 Å². The zero-order valence-corrected chi connectivity index (χ0v) is 24.3. The van der Waals surface area contributed by atoms with Crippen LogP contribution in [0.3, 0.4) is 0 Å². The fourth-order valence-electron chi connectivity index (χ4n) is 5.41. The van der Waals surface area contributed by atoms with E-state index >= 15 is 0 Å². The molecule has 1 saturated carbocycles. The lowest BCUT2D eigenvalue weighted by Gasteiger charge is -2.27. The Bertz CT molecular complexity index is 978. The van der Waals surface area contributed by atoms with Crippen LogP contribution >= 0.6 is 0 Å². The second-order valence-corrected chi connectivity index (χ2v) is 11.0. The van der Waals surface area contributed by atoms with E-state index in [0.717, 1.165) is 43.1 Å². The number of ether oxygens (including phenoxy) is 3. The quantitative estimate of drug-likeness (QED) is 0.340. The van der Waals surface area contributed by atoms with Crippen molar-refractivity contribution in [1.29, 1.82) is 0 Å². The molecule has 0 radical (unpaired) electrons. The van der Waals surface area contributed by atoms with Crippen LogP contribution in [0.1, 0.15) is 69.3 Å². The number of hydrogen-bond donors (Lipinski definition) is 1. The Hall–Kier alpha value is -2.58. The lowest BCUT2D eigenvalue weighted by Crippen LogP contribution is -2.43. The number of nitrogens with one attached hydrogen (secondary N) is 1. The van der Waals surface area contributed by atoms with Crippen molar-refractivity contribution in [2.75, 3.05) is 48.1 Å². The van der Waals surface area contributed by atoms with Crippen molar-refractivity contribution in [3.05, 3.63) is 30.0 Å². The summed E-state index contributed by atoms with van der Waals surface area (Å²) in [5, 5.41) is 8.09. The van der Waals surface area contributed by atoms with E-state index in [2.05, 4.69) is 31.1 Å². The van der Waals surface area contributed by atoms with Crippen LogP contribution in [0.4, 0.5) is 0 Å². The summed E-state index contributed by atoms with van der Waals surface area (Å²) in [5.41, 5.74) is 2.03. The molecule has 1 amide bonds. The molecule has 1 aromatic carbocycles. The maximum atomic E-state index is 13.6. The van der Waals surface area contributed by atoms with Crippen molar-refractivity contribution in [2.24, 2.45) is 11.8 Å². The lowest BCUT2D eigenvalue weighted by molar-refractivity contribution is 0.0910. The molecule has 1 fully saturated rings. The summed E-state index contributed by atoms with van der Waals surface area (Å²) in [6, 6.07) is 7.62. The molecule has 1 heterocycles. The smallest absolute Gasteiger partial charge is 0.272 e. The number of amides is 1. The van der Waals surface area contributed by atoms with E-state index in [0.29, 0.717) is 36.3 Å². The van der Waals surface area contributed by atoms with Gasteiger partial charge in [-0.15, -0.1) is 0 Å². The number of hydrogen-bond acceptors (Lipinski definition) is 6. The molecule has 8 heteroatoms. The van der Waals surface area contributed by atoms with Gasteiger partial charge in [0.2, 0.25) is 0 Å². The van der Waals surface area contributed by atoms with Crippen LogP contribution in [0, 0.1) is 11.8 Å². The fraction of sp³-hybridized carbons (Fsp3) is 0.667. The summed E-state index contributed by atoms with van der Waals surface area (Å²) < 4.78 is 18.5. The molecule has 0 bridgehead atoms. The highest BCUT2D eigenvalue weighted by atomic mass is 16.5. The molecule has 3 rings (SSSR count). The SMILES string of the molecule is COCCN(C)C[C@H](CCC1CCCCC1)NC(=O)c1cc(-c2c(OC)cccc2OC)n(CC(C)C)n1. The number of nitrogens with zero attached hydrogens (tertiary/aromatic N) is 3. The molecule has 1 atom stereocenters. The molecule has 212 valence electrons. The third kappa shape index (κ3) is 8.46. The third-order valence-corrected chi connectivity index (χ3v) is 7.43. The minimum Gasteiger partial charge on any atom is -0.496 e. The number of likely N-dealkylation sites (N-methyl/N-ethyl adjacent to an activating group) is 1. The largest absolute Gasteiger partial charge is 0.496 e. The van der Waals surface area contributed by atoms with E-state index in [1.807, 2.05) is 28.9 Å². The summed E-state index contributed by atoms with van der Waals surface area (Å²) in [4.78, 5) is 15.8. The van der Waals surface area contributed by atoms with Gasteiger partial charge in [0.15, 0.2) is 5.69 Å². The highest BCUT2D eigenvalue weighted by Crippen LogP contribution is 2.39. The lowest BCUT2D eigenvalue weighted by atomic mass is 9.85. The van der Waals surface area contributed by atoms with Crippen LogP contribution in [-0.4, -0.2) is 74.7 Å². The minimum absolute atomic E-state index is 0.0470. The van der Waals surface area contributed by atoms with Gasteiger partial charge in [-0.3, -0.25) is 9.48 Å². The Balaban J connectivity index is 1.84. The molecule has 0 spiro atoms. The molecule has 1 N–H and O–H groups in total. The molecule has 1 aliphatic rings. The van der Waals surface area contributed by atoms with Gasteiger partial charge in [-0.2, -0.15) is 5.10 Å². The Morgan fingerprint density at radius 3 is 2.42 bits per heavy atom. The van der Waals surface area contributed by atoms with Gasteiger partial charge in [0.25, 0.3) is 5.91 Å². The first-order valence-corrected chi connectivity index (χ1v) is 14.1. The van der Waals surface area contributed by atoms with Gasteiger partial charge < -0.3 is 24.4 Å². The van der Waals surface area contributed by atoms with E-state index in [1.165, 1.54) is 32.1 Å². The molecule has 0 saturated heterocycles. The van der Waals surface area contributed by atoms with Crippen molar-refractivity contribution in [1.82, 2.24) is 20.0 Å². The Morgan fingerprint density at radius 1 is 1.13 bits per heavy atom. The maximum absolute atomic E-state index is 13.6. The standard InChI is InChI=1S/C30H48N4O4/c1-22(2)20-34-26(29-27(37-5)13-10-14-28(29)38-6)19-25(32-34)30(35)31-24(21-33(3)17-18-36-4)16-15-23-11-8-7-9-12-23/h10,13-14,19,22-24H,7-9,11-12,15-18,20-21H2,1-6H3,(H,31,35)/t24-/m0/s1. The van der Waals surface area contributed by atoms with Gasteiger partial charge in [0.1, 0.15) is 11.5 Å². The average Bonchev–Trinajstić information content (AvgIpc) is 3.33. The number of aromatic nitrogens is 2. The summed E-state index contributed by atoms with van der Waals surface area (Å²) in [5.74, 6) is 2.35. The first-order valence-electron chi connectivity index (χ1n) is 14.1. The van der Waals surface area contributed by atoms with Crippen molar-refractivity contribution < 1.29 is 19.0 Å². The molecule has 8 nitrogen and oxygen atoms in total. The van der Waals surface area contributed by atoms with Crippen LogP contribution in [0.15, 0.2) is 24.3 Å². The van der Waals surface area contributed by atoms with E-state index < -0.39 is 0 Å². The summed E-state index contributed by atoms with van der Waals surface area (Å²) in [6.45, 7) is 7.23. The molecule has 1 aromatic heterocycles. The van der Waals surface area contributed by atoms with E-state index in [4.69, 9.17) is 19.3 Å². The Kier molecular flexibility index (Phi) is 11.9. The van der Waals surface area contributed by atoms with Crippen LogP contribution in [0.25, 0.3) is 11.3 Å². The summed E-state index contributed by atoms with van der Waals surface area (Å²) in [6.07, 6.45) is 8.75. The third-order valence-electron chi connectivity index (χ3n) is 7.43. The van der Waals surface area contributed by atoms with Gasteiger partial charge in [-0.25, -0.2) is 0 Å². The molecule has 0 unspecified atom stereocenters. The molecule has 0 aliphatic heterocycles. The predicted octanol–water partition coefficient (Wildman–Crippen LogP) is 5.26. The van der Waals surface area contributed by atoms with E-state index in [1.54, 1.807) is 21.3 Å². The number of rotatable bonds is 15. The van der Waals surface area contributed by atoms with Crippen molar-refractivity contribution in [3.8, 4) is 22.8 Å². The van der Waals surface area contributed by atoms with Gasteiger partial charge in [-0.1, -0.05) is 52.0 Å². The second kappa shape index (κ2) is 15.1. The Morgan fingerprint density at radius 2 is 1.82 bits per heavy atom. The topological polar surface area (TPSA) is 77.9 Å². The van der Waals surface area contributed by atoms with Crippen LogP contribution in [-0.2, 0) is 11.3 Å². The highest BCUT2D eigenvalue weighted by molar-refractivity contribution is 5.94. The average molecular weight is 529 g/mol. The first-order chi connectivity index (χ1) is 18.4. The van der Waals surface area contributed by atoms with Crippen molar-refractivity contribution in [3.63, 3.8) is 0 Å². The van der Waals surface area contributed by atoms with Gasteiger partial charge in [-0.05, 0) is 49.9 Å². The monoisotopic (exact) mass is 528 g/mol. The first kappa shape index (κ1) is 30.0. The van der Waals surface area contributed by atoms with Gasteiger partial charge in [0, 0.05) is 32.8 Å². The van der Waals surface area contributed by atoms with Gasteiger partial charge >= 0.3 is 0 Å².